The Bertz CT molecular complexity index is 1100. The number of fused-ring (bicyclic) bond motifs is 2. The van der Waals surface area contributed by atoms with E-state index in [4.69, 9.17) is 0 Å². The lowest BCUT2D eigenvalue weighted by atomic mass is 10.1. The molecule has 0 atom stereocenters. The molecule has 0 unspecified atom stereocenters. The standard InChI is InChI=1S/C18H12BrN3O3/c19-13-3-1-11(2-4-13)9-12-7-8-21-17(12)20-16-6-5-14(22(24)25)10-15(16)18(21)23/h1-6,9-10H,7-8H2/b12-9-. The maximum Gasteiger partial charge on any atom is 0.270 e. The van der Waals surface area contributed by atoms with Crippen LogP contribution in [0.5, 0.6) is 0 Å². The maximum absolute atomic E-state index is 12.7. The second-order valence-corrected chi connectivity index (χ2v) is 6.74. The van der Waals surface area contributed by atoms with Crippen molar-refractivity contribution in [3.05, 3.63) is 78.8 Å². The van der Waals surface area contributed by atoms with E-state index in [2.05, 4.69) is 20.9 Å². The highest BCUT2D eigenvalue weighted by atomic mass is 79.9. The zero-order valence-corrected chi connectivity index (χ0v) is 14.6. The number of aromatic nitrogens is 2. The summed E-state index contributed by atoms with van der Waals surface area (Å²) in [5, 5.41) is 11.2. The van der Waals surface area contributed by atoms with Gasteiger partial charge in [0.1, 0.15) is 5.82 Å². The van der Waals surface area contributed by atoms with Crippen LogP contribution in [0, 0.1) is 10.1 Å². The third-order valence-corrected chi connectivity index (χ3v) is 4.78. The van der Waals surface area contributed by atoms with Crippen LogP contribution in [0.25, 0.3) is 22.6 Å². The van der Waals surface area contributed by atoms with Crippen molar-refractivity contribution in [2.45, 2.75) is 13.0 Å². The highest BCUT2D eigenvalue weighted by molar-refractivity contribution is 9.10. The van der Waals surface area contributed by atoms with Gasteiger partial charge < -0.3 is 0 Å². The number of hydrogen-bond donors (Lipinski definition) is 0. The lowest BCUT2D eigenvalue weighted by Crippen LogP contribution is -2.20. The molecule has 25 heavy (non-hydrogen) atoms. The average Bonchev–Trinajstić information content (AvgIpc) is 3.00. The minimum atomic E-state index is -0.504. The van der Waals surface area contributed by atoms with E-state index in [0.29, 0.717) is 24.3 Å². The molecule has 1 aromatic heterocycles. The molecule has 0 saturated heterocycles. The number of nitro benzene ring substituents is 1. The molecule has 2 aromatic carbocycles. The molecule has 0 amide bonds. The van der Waals surface area contributed by atoms with E-state index < -0.39 is 4.92 Å². The molecule has 7 heteroatoms. The minimum absolute atomic E-state index is 0.101. The number of hydrogen-bond acceptors (Lipinski definition) is 4. The van der Waals surface area contributed by atoms with Gasteiger partial charge in [0.2, 0.25) is 0 Å². The van der Waals surface area contributed by atoms with Gasteiger partial charge in [-0.25, -0.2) is 4.98 Å². The highest BCUT2D eigenvalue weighted by Crippen LogP contribution is 2.28. The largest absolute Gasteiger partial charge is 0.292 e. The fourth-order valence-corrected chi connectivity index (χ4v) is 3.28. The van der Waals surface area contributed by atoms with Crippen molar-refractivity contribution in [3.8, 4) is 0 Å². The van der Waals surface area contributed by atoms with Gasteiger partial charge in [0.15, 0.2) is 0 Å². The van der Waals surface area contributed by atoms with E-state index >= 15 is 0 Å². The first kappa shape index (κ1) is 15.7. The number of nitrogens with zero attached hydrogens (tertiary/aromatic N) is 3. The van der Waals surface area contributed by atoms with Crippen LogP contribution in [0.3, 0.4) is 0 Å². The number of allylic oxidation sites excluding steroid dienone is 1. The molecule has 1 aliphatic rings. The first-order valence-electron chi connectivity index (χ1n) is 7.68. The van der Waals surface area contributed by atoms with Gasteiger partial charge in [-0.3, -0.25) is 19.5 Å². The molecule has 1 aliphatic heterocycles. The van der Waals surface area contributed by atoms with E-state index in [1.165, 1.54) is 18.2 Å². The van der Waals surface area contributed by atoms with E-state index in [-0.39, 0.29) is 16.6 Å². The number of nitro groups is 1. The summed E-state index contributed by atoms with van der Waals surface area (Å²) in [5.41, 5.74) is 2.16. The third kappa shape index (κ3) is 2.76. The van der Waals surface area contributed by atoms with Crippen molar-refractivity contribution in [1.29, 1.82) is 0 Å². The summed E-state index contributed by atoms with van der Waals surface area (Å²) < 4.78 is 2.60. The second-order valence-electron chi connectivity index (χ2n) is 5.82. The molecule has 3 aromatic rings. The Morgan fingerprint density at radius 2 is 1.96 bits per heavy atom. The van der Waals surface area contributed by atoms with Crippen molar-refractivity contribution in [2.75, 3.05) is 0 Å². The molecule has 0 radical (unpaired) electrons. The normalized spacial score (nSPS) is 14.8. The molecular weight excluding hydrogens is 386 g/mol. The average molecular weight is 398 g/mol. The van der Waals surface area contributed by atoms with Crippen molar-refractivity contribution in [2.24, 2.45) is 0 Å². The van der Waals surface area contributed by atoms with Crippen LogP contribution in [0.1, 0.15) is 17.8 Å². The predicted molar refractivity (Wildman–Crippen MR) is 99.3 cm³/mol. The molecule has 0 N–H and O–H groups in total. The van der Waals surface area contributed by atoms with Gasteiger partial charge in [-0.2, -0.15) is 0 Å². The summed E-state index contributed by atoms with van der Waals surface area (Å²) >= 11 is 3.41. The second kappa shape index (κ2) is 5.93. The van der Waals surface area contributed by atoms with Crippen molar-refractivity contribution < 1.29 is 4.92 Å². The van der Waals surface area contributed by atoms with Crippen LogP contribution < -0.4 is 5.56 Å². The van der Waals surface area contributed by atoms with Gasteiger partial charge in [0.05, 0.1) is 15.8 Å². The Balaban J connectivity index is 1.87. The SMILES string of the molecule is O=c1c2cc([N+](=O)[O-])ccc2nc2n1CC/C2=C/c1ccc(Br)cc1. The topological polar surface area (TPSA) is 78.0 Å². The smallest absolute Gasteiger partial charge is 0.270 e. The van der Waals surface area contributed by atoms with Crippen LogP contribution in [0.4, 0.5) is 5.69 Å². The molecule has 124 valence electrons. The van der Waals surface area contributed by atoms with Crippen LogP contribution >= 0.6 is 15.9 Å². The summed E-state index contributed by atoms with van der Waals surface area (Å²) in [6, 6.07) is 12.1. The zero-order valence-electron chi connectivity index (χ0n) is 13.0. The molecule has 2 heterocycles. The molecule has 0 bridgehead atoms. The molecule has 0 fully saturated rings. The van der Waals surface area contributed by atoms with E-state index in [0.717, 1.165) is 15.6 Å². The highest BCUT2D eigenvalue weighted by Gasteiger charge is 2.22. The van der Waals surface area contributed by atoms with Crippen molar-refractivity contribution in [3.63, 3.8) is 0 Å². The van der Waals surface area contributed by atoms with Crippen LogP contribution in [-0.4, -0.2) is 14.5 Å². The van der Waals surface area contributed by atoms with E-state index in [1.54, 1.807) is 4.57 Å². The molecular formula is C18H12BrN3O3. The summed E-state index contributed by atoms with van der Waals surface area (Å²) in [4.78, 5) is 27.7. The lowest BCUT2D eigenvalue weighted by molar-refractivity contribution is -0.384. The van der Waals surface area contributed by atoms with Gasteiger partial charge in [-0.15, -0.1) is 0 Å². The van der Waals surface area contributed by atoms with Gasteiger partial charge in [-0.05, 0) is 41.8 Å². The van der Waals surface area contributed by atoms with E-state index in [1.807, 2.05) is 30.3 Å². The van der Waals surface area contributed by atoms with Crippen LogP contribution in [0.2, 0.25) is 0 Å². The Morgan fingerprint density at radius 3 is 2.68 bits per heavy atom. The summed E-state index contributed by atoms with van der Waals surface area (Å²) in [6.07, 6.45) is 2.73. The fraction of sp³-hybridized carbons (Fsp3) is 0.111. The number of halogens is 1. The van der Waals surface area contributed by atoms with Gasteiger partial charge in [0.25, 0.3) is 11.2 Å². The van der Waals surface area contributed by atoms with Crippen LogP contribution in [-0.2, 0) is 6.54 Å². The Kier molecular flexibility index (Phi) is 3.73. The Morgan fingerprint density at radius 1 is 1.20 bits per heavy atom. The molecule has 6 nitrogen and oxygen atoms in total. The molecule has 4 rings (SSSR count). The summed E-state index contributed by atoms with van der Waals surface area (Å²) in [7, 11) is 0. The molecule has 0 saturated carbocycles. The zero-order chi connectivity index (χ0) is 17.6. The molecule has 0 aliphatic carbocycles. The lowest BCUT2D eigenvalue weighted by Gasteiger charge is -2.05. The Hall–Kier alpha value is -2.80. The third-order valence-electron chi connectivity index (χ3n) is 4.25. The summed E-state index contributed by atoms with van der Waals surface area (Å²) in [6.45, 7) is 0.530. The summed E-state index contributed by atoms with van der Waals surface area (Å²) in [5.74, 6) is 0.634. The number of rotatable bonds is 2. The first-order chi connectivity index (χ1) is 12.0. The fourth-order valence-electron chi connectivity index (χ4n) is 3.02. The number of non-ortho nitro benzene ring substituents is 1. The predicted octanol–water partition coefficient (Wildman–Crippen LogP) is 4.01. The quantitative estimate of drug-likeness (QED) is 0.483. The first-order valence-corrected chi connectivity index (χ1v) is 8.48. The minimum Gasteiger partial charge on any atom is -0.292 e. The van der Waals surface area contributed by atoms with Gasteiger partial charge in [-0.1, -0.05) is 28.1 Å². The van der Waals surface area contributed by atoms with Crippen molar-refractivity contribution in [1.82, 2.24) is 9.55 Å². The van der Waals surface area contributed by atoms with Crippen LogP contribution in [0.15, 0.2) is 51.7 Å². The molecule has 0 spiro atoms. The Labute approximate surface area is 150 Å². The van der Waals surface area contributed by atoms with Gasteiger partial charge >= 0.3 is 0 Å². The van der Waals surface area contributed by atoms with E-state index in [9.17, 15) is 14.9 Å². The monoisotopic (exact) mass is 397 g/mol. The van der Waals surface area contributed by atoms with Crippen molar-refractivity contribution >= 4 is 44.2 Å². The van der Waals surface area contributed by atoms with Gasteiger partial charge in [0, 0.05) is 23.2 Å². The maximum atomic E-state index is 12.7. The number of benzene rings is 2.